The Morgan fingerprint density at radius 3 is 2.20 bits per heavy atom. The molecule has 1 saturated carbocycles. The highest BCUT2D eigenvalue weighted by Gasteiger charge is 2.46. The molecule has 0 bridgehead atoms. The number of hydrogen-bond acceptors (Lipinski definition) is 2. The fourth-order valence-electron chi connectivity index (χ4n) is 1.99. The van der Waals surface area contributed by atoms with Crippen LogP contribution < -0.4 is 5.73 Å². The fourth-order valence-corrected chi connectivity index (χ4v) is 1.99. The smallest absolute Gasteiger partial charge is 0.0333 e. The summed E-state index contributed by atoms with van der Waals surface area (Å²) in [7, 11) is 0. The van der Waals surface area contributed by atoms with Crippen LogP contribution in [-0.4, -0.2) is 30.1 Å². The molecule has 58 valence electrons. The van der Waals surface area contributed by atoms with Gasteiger partial charge in [0.2, 0.25) is 0 Å². The summed E-state index contributed by atoms with van der Waals surface area (Å²) in [5.74, 6) is 0. The molecule has 2 N–H and O–H groups in total. The van der Waals surface area contributed by atoms with E-state index in [1.807, 2.05) is 0 Å². The zero-order valence-electron chi connectivity index (χ0n) is 6.47. The van der Waals surface area contributed by atoms with Gasteiger partial charge in [-0.05, 0) is 38.8 Å². The molecule has 2 aliphatic rings. The van der Waals surface area contributed by atoms with E-state index in [2.05, 4.69) is 4.90 Å². The van der Waals surface area contributed by atoms with E-state index in [9.17, 15) is 0 Å². The van der Waals surface area contributed by atoms with E-state index < -0.39 is 0 Å². The van der Waals surface area contributed by atoms with Crippen molar-refractivity contribution >= 4 is 0 Å². The van der Waals surface area contributed by atoms with E-state index in [4.69, 9.17) is 5.73 Å². The normalized spacial score (nSPS) is 30.9. The van der Waals surface area contributed by atoms with Gasteiger partial charge in [0.05, 0.1) is 0 Å². The molecule has 1 saturated heterocycles. The van der Waals surface area contributed by atoms with Gasteiger partial charge in [-0.1, -0.05) is 0 Å². The lowest BCUT2D eigenvalue weighted by atomic mass is 10.2. The first-order valence-corrected chi connectivity index (χ1v) is 4.32. The summed E-state index contributed by atoms with van der Waals surface area (Å²) in [5.41, 5.74) is 6.19. The van der Waals surface area contributed by atoms with Crippen LogP contribution in [0.2, 0.25) is 0 Å². The number of likely N-dealkylation sites (tertiary alicyclic amines) is 1. The first-order chi connectivity index (χ1) is 4.87. The molecule has 2 rings (SSSR count). The molecule has 0 aromatic carbocycles. The Labute approximate surface area is 62.4 Å². The lowest BCUT2D eigenvalue weighted by Gasteiger charge is -2.25. The quantitative estimate of drug-likeness (QED) is 0.607. The van der Waals surface area contributed by atoms with Gasteiger partial charge in [-0.3, -0.25) is 4.90 Å². The topological polar surface area (TPSA) is 29.3 Å². The molecule has 0 aromatic rings. The van der Waals surface area contributed by atoms with Gasteiger partial charge in [0.25, 0.3) is 0 Å². The molecule has 0 unspecified atom stereocenters. The van der Waals surface area contributed by atoms with Crippen molar-refractivity contribution in [3.8, 4) is 0 Å². The van der Waals surface area contributed by atoms with Crippen LogP contribution in [0.3, 0.4) is 0 Å². The number of rotatable bonds is 2. The Morgan fingerprint density at radius 1 is 1.20 bits per heavy atom. The summed E-state index contributed by atoms with van der Waals surface area (Å²) in [6.45, 7) is 3.49. The van der Waals surface area contributed by atoms with Crippen LogP contribution in [0.4, 0.5) is 0 Å². The summed E-state index contributed by atoms with van der Waals surface area (Å²) < 4.78 is 0. The third kappa shape index (κ3) is 0.867. The Balaban J connectivity index is 1.96. The highest BCUT2D eigenvalue weighted by Crippen LogP contribution is 2.42. The summed E-state index contributed by atoms with van der Waals surface area (Å²) in [6, 6.07) is 0. The van der Waals surface area contributed by atoms with Crippen molar-refractivity contribution in [2.75, 3.05) is 19.6 Å². The molecular weight excluding hydrogens is 124 g/mol. The molecule has 1 heterocycles. The van der Waals surface area contributed by atoms with E-state index in [0.717, 1.165) is 6.54 Å². The minimum Gasteiger partial charge on any atom is -0.329 e. The van der Waals surface area contributed by atoms with Gasteiger partial charge in [0, 0.05) is 12.1 Å². The zero-order chi connectivity index (χ0) is 7.03. The van der Waals surface area contributed by atoms with Gasteiger partial charge >= 0.3 is 0 Å². The maximum absolute atomic E-state index is 5.71. The predicted molar refractivity (Wildman–Crippen MR) is 41.8 cm³/mol. The Morgan fingerprint density at radius 2 is 1.80 bits per heavy atom. The van der Waals surface area contributed by atoms with E-state index in [-0.39, 0.29) is 0 Å². The van der Waals surface area contributed by atoms with Gasteiger partial charge in [-0.15, -0.1) is 0 Å². The minimum atomic E-state index is 0.483. The van der Waals surface area contributed by atoms with E-state index >= 15 is 0 Å². The highest BCUT2D eigenvalue weighted by atomic mass is 15.2. The molecule has 10 heavy (non-hydrogen) atoms. The number of hydrogen-bond donors (Lipinski definition) is 1. The maximum atomic E-state index is 5.71. The second kappa shape index (κ2) is 2.21. The fraction of sp³-hybridized carbons (Fsp3) is 1.00. The Kier molecular flexibility index (Phi) is 1.46. The molecule has 1 aliphatic carbocycles. The second-order valence-electron chi connectivity index (χ2n) is 3.62. The zero-order valence-corrected chi connectivity index (χ0v) is 6.47. The average molecular weight is 140 g/mol. The molecule has 0 radical (unpaired) electrons. The van der Waals surface area contributed by atoms with Gasteiger partial charge < -0.3 is 5.73 Å². The highest BCUT2D eigenvalue weighted by molar-refractivity contribution is 5.05. The van der Waals surface area contributed by atoms with Crippen LogP contribution in [0.1, 0.15) is 25.7 Å². The van der Waals surface area contributed by atoms with Crippen molar-refractivity contribution in [2.45, 2.75) is 31.2 Å². The summed E-state index contributed by atoms with van der Waals surface area (Å²) >= 11 is 0. The standard InChI is InChI=1S/C8H16N2/c9-7-8(3-4-8)10-5-1-2-6-10/h1-7,9H2. The molecule has 2 heteroatoms. The molecule has 0 aromatic heterocycles. The van der Waals surface area contributed by atoms with Gasteiger partial charge in [0.1, 0.15) is 0 Å². The van der Waals surface area contributed by atoms with E-state index in [1.54, 1.807) is 0 Å². The lowest BCUT2D eigenvalue weighted by Crippen LogP contribution is -2.40. The molecule has 0 spiro atoms. The summed E-state index contributed by atoms with van der Waals surface area (Å²) in [4.78, 5) is 2.59. The van der Waals surface area contributed by atoms with Crippen molar-refractivity contribution in [3.63, 3.8) is 0 Å². The van der Waals surface area contributed by atoms with Gasteiger partial charge in [-0.2, -0.15) is 0 Å². The summed E-state index contributed by atoms with van der Waals surface area (Å²) in [6.07, 6.45) is 5.48. The largest absolute Gasteiger partial charge is 0.329 e. The van der Waals surface area contributed by atoms with Crippen LogP contribution >= 0.6 is 0 Å². The lowest BCUT2D eigenvalue weighted by molar-refractivity contribution is 0.227. The van der Waals surface area contributed by atoms with Crippen LogP contribution in [0.15, 0.2) is 0 Å². The van der Waals surface area contributed by atoms with Crippen molar-refractivity contribution in [3.05, 3.63) is 0 Å². The molecule has 0 amide bonds. The van der Waals surface area contributed by atoms with Crippen LogP contribution in [0.5, 0.6) is 0 Å². The third-order valence-corrected chi connectivity index (χ3v) is 2.98. The summed E-state index contributed by atoms with van der Waals surface area (Å²) in [5, 5.41) is 0. The first kappa shape index (κ1) is 6.62. The molecule has 2 nitrogen and oxygen atoms in total. The molecule has 2 fully saturated rings. The molecule has 1 aliphatic heterocycles. The number of nitrogens with two attached hydrogens (primary N) is 1. The van der Waals surface area contributed by atoms with E-state index in [1.165, 1.54) is 38.8 Å². The maximum Gasteiger partial charge on any atom is 0.0333 e. The van der Waals surface area contributed by atoms with Crippen LogP contribution in [0.25, 0.3) is 0 Å². The van der Waals surface area contributed by atoms with Crippen molar-refractivity contribution in [1.82, 2.24) is 4.90 Å². The second-order valence-corrected chi connectivity index (χ2v) is 3.62. The average Bonchev–Trinajstić information content (AvgIpc) is 2.58. The van der Waals surface area contributed by atoms with Crippen molar-refractivity contribution in [1.29, 1.82) is 0 Å². The van der Waals surface area contributed by atoms with Crippen LogP contribution in [-0.2, 0) is 0 Å². The third-order valence-electron chi connectivity index (χ3n) is 2.98. The monoisotopic (exact) mass is 140 g/mol. The Bertz CT molecular complexity index is 123. The number of nitrogens with zero attached hydrogens (tertiary/aromatic N) is 1. The van der Waals surface area contributed by atoms with Crippen molar-refractivity contribution < 1.29 is 0 Å². The van der Waals surface area contributed by atoms with Gasteiger partial charge in [0.15, 0.2) is 0 Å². The Hall–Kier alpha value is -0.0800. The van der Waals surface area contributed by atoms with E-state index in [0.29, 0.717) is 5.54 Å². The van der Waals surface area contributed by atoms with Crippen molar-refractivity contribution in [2.24, 2.45) is 5.73 Å². The first-order valence-electron chi connectivity index (χ1n) is 4.32. The predicted octanol–water partition coefficient (Wildman–Crippen LogP) is 0.573. The molecular formula is C8H16N2. The van der Waals surface area contributed by atoms with Gasteiger partial charge in [-0.25, -0.2) is 0 Å². The minimum absolute atomic E-state index is 0.483. The molecule has 0 atom stereocenters. The SMILES string of the molecule is NCC1(N2CCCC2)CC1. The van der Waals surface area contributed by atoms with Crippen LogP contribution in [0, 0.1) is 0 Å².